The van der Waals surface area contributed by atoms with Crippen molar-refractivity contribution in [2.45, 2.75) is 37.3 Å². The fraction of sp³-hybridized carbons (Fsp3) is 0.333. The highest BCUT2D eigenvalue weighted by Crippen LogP contribution is 2.40. The number of aliphatic hydroxyl groups excluding tert-OH is 1. The minimum atomic E-state index is -4.28. The highest BCUT2D eigenvalue weighted by Gasteiger charge is 2.40. The van der Waals surface area contributed by atoms with Crippen LogP contribution in [0, 0.1) is 6.92 Å². The number of phenolic OH excluding ortho intramolecular Hbond substituents is 1. The van der Waals surface area contributed by atoms with E-state index >= 15 is 0 Å². The van der Waals surface area contributed by atoms with Gasteiger partial charge in [-0.25, -0.2) is 8.42 Å². The molecule has 2 unspecified atom stereocenters. The lowest BCUT2D eigenvalue weighted by atomic mass is 9.93. The summed E-state index contributed by atoms with van der Waals surface area (Å²) in [4.78, 5) is 21.0. The summed E-state index contributed by atoms with van der Waals surface area (Å²) in [7, 11) is -1.98. The number of aromatic hydroxyl groups is 1. The van der Waals surface area contributed by atoms with E-state index in [0.29, 0.717) is 10.9 Å². The van der Waals surface area contributed by atoms with Gasteiger partial charge in [-0.1, -0.05) is 29.1 Å². The zero-order chi connectivity index (χ0) is 24.5. The highest BCUT2D eigenvalue weighted by molar-refractivity contribution is 7.89. The van der Waals surface area contributed by atoms with Gasteiger partial charge in [0.1, 0.15) is 10.6 Å². The van der Waals surface area contributed by atoms with Crippen LogP contribution in [0.2, 0.25) is 5.02 Å². The molecule has 33 heavy (non-hydrogen) atoms. The fourth-order valence-corrected chi connectivity index (χ4v) is 4.89. The molecule has 1 aromatic carbocycles. The number of pyridine rings is 1. The summed E-state index contributed by atoms with van der Waals surface area (Å²) in [5, 5.41) is 26.5. The van der Waals surface area contributed by atoms with E-state index in [2.05, 4.69) is 15.6 Å². The Bertz CT molecular complexity index is 1220. The average molecular weight is 497 g/mol. The van der Waals surface area contributed by atoms with Crippen LogP contribution in [0.5, 0.6) is 5.75 Å². The molecule has 0 aliphatic heterocycles. The Morgan fingerprint density at radius 3 is 2.61 bits per heavy atom. The number of Topliss-reactive ketones (excluding diaryl/α,β-unsaturated/α-hetero) is 1. The first kappa shape index (κ1) is 24.9. The third-order valence-corrected chi connectivity index (χ3v) is 7.42. The molecule has 0 amide bonds. The third kappa shape index (κ3) is 4.68. The molecule has 1 heterocycles. The SMILES string of the molecule is CCC(NC1=C(Nc2ccc(Cl)c(S(=O)(=O)N(C)OC)c2O)C(O)C1=O)c1cccc(C)n1. The molecule has 0 fully saturated rings. The van der Waals surface area contributed by atoms with Crippen molar-refractivity contribution >= 4 is 33.1 Å². The van der Waals surface area contributed by atoms with E-state index in [9.17, 15) is 23.4 Å². The fourth-order valence-electron chi connectivity index (χ4n) is 3.32. The minimum Gasteiger partial charge on any atom is -0.504 e. The maximum Gasteiger partial charge on any atom is 0.269 e. The highest BCUT2D eigenvalue weighted by atomic mass is 35.5. The molecular formula is C21H25ClN4O6S. The van der Waals surface area contributed by atoms with Crippen molar-refractivity contribution in [3.05, 3.63) is 58.1 Å². The largest absolute Gasteiger partial charge is 0.504 e. The van der Waals surface area contributed by atoms with E-state index in [1.165, 1.54) is 12.1 Å². The number of hydrogen-bond donors (Lipinski definition) is 4. The number of hydrogen-bond acceptors (Lipinski definition) is 9. The van der Waals surface area contributed by atoms with Gasteiger partial charge >= 0.3 is 0 Å². The van der Waals surface area contributed by atoms with Crippen LogP contribution in [0.4, 0.5) is 5.69 Å². The number of benzene rings is 1. The summed E-state index contributed by atoms with van der Waals surface area (Å²) in [5.74, 6) is -1.22. The van der Waals surface area contributed by atoms with Gasteiger partial charge in [-0.2, -0.15) is 0 Å². The van der Waals surface area contributed by atoms with Gasteiger partial charge in [0.25, 0.3) is 10.0 Å². The van der Waals surface area contributed by atoms with Crippen molar-refractivity contribution in [3.8, 4) is 5.75 Å². The van der Waals surface area contributed by atoms with Crippen LogP contribution in [0.15, 0.2) is 46.6 Å². The topological polar surface area (TPSA) is 141 Å². The van der Waals surface area contributed by atoms with Crippen molar-refractivity contribution in [2.75, 3.05) is 19.5 Å². The summed E-state index contributed by atoms with van der Waals surface area (Å²) in [5.41, 5.74) is 1.69. The number of halogens is 1. The van der Waals surface area contributed by atoms with Gasteiger partial charge in [0.2, 0.25) is 5.78 Å². The van der Waals surface area contributed by atoms with Crippen molar-refractivity contribution in [1.82, 2.24) is 14.8 Å². The Morgan fingerprint density at radius 1 is 1.30 bits per heavy atom. The molecule has 0 saturated carbocycles. The zero-order valence-corrected chi connectivity index (χ0v) is 20.0. The number of aromatic nitrogens is 1. The molecule has 1 aromatic heterocycles. The average Bonchev–Trinajstić information content (AvgIpc) is 2.78. The van der Waals surface area contributed by atoms with Crippen LogP contribution in [0.1, 0.15) is 30.8 Å². The van der Waals surface area contributed by atoms with E-state index in [1.807, 2.05) is 32.0 Å². The molecule has 1 aliphatic carbocycles. The first-order chi connectivity index (χ1) is 15.5. The number of rotatable bonds is 9. The monoisotopic (exact) mass is 496 g/mol. The van der Waals surface area contributed by atoms with Crippen molar-refractivity contribution in [3.63, 3.8) is 0 Å². The van der Waals surface area contributed by atoms with Gasteiger partial charge in [-0.05, 0) is 37.6 Å². The normalized spacial score (nSPS) is 17.2. The number of nitrogens with zero attached hydrogens (tertiary/aromatic N) is 2. The second-order valence-electron chi connectivity index (χ2n) is 7.36. The maximum absolute atomic E-state index is 12.7. The predicted octanol–water partition coefficient (Wildman–Crippen LogP) is 2.24. The number of phenols is 1. The molecule has 0 saturated heterocycles. The van der Waals surface area contributed by atoms with Crippen LogP contribution >= 0.6 is 11.6 Å². The van der Waals surface area contributed by atoms with E-state index in [-0.39, 0.29) is 28.1 Å². The van der Waals surface area contributed by atoms with Crippen LogP contribution in [-0.4, -0.2) is 54.1 Å². The van der Waals surface area contributed by atoms with Crippen LogP contribution < -0.4 is 10.6 Å². The number of aliphatic hydroxyl groups is 1. The van der Waals surface area contributed by atoms with Crippen molar-refractivity contribution < 1.29 is 28.3 Å². The second kappa shape index (κ2) is 9.65. The Kier molecular flexibility index (Phi) is 7.29. The lowest BCUT2D eigenvalue weighted by Gasteiger charge is -2.32. The van der Waals surface area contributed by atoms with Gasteiger partial charge in [0.05, 0.1) is 35.3 Å². The Labute approximate surface area is 196 Å². The quantitative estimate of drug-likeness (QED) is 0.303. The van der Waals surface area contributed by atoms with Crippen LogP contribution in [0.25, 0.3) is 0 Å². The van der Waals surface area contributed by atoms with E-state index in [4.69, 9.17) is 16.4 Å². The number of nitrogens with one attached hydrogen (secondary N) is 2. The number of sulfonamides is 1. The number of carbonyl (C=O) groups excluding carboxylic acids is 1. The Hall–Kier alpha value is -2.70. The second-order valence-corrected chi connectivity index (χ2v) is 9.64. The van der Waals surface area contributed by atoms with Crippen LogP contribution in [0.3, 0.4) is 0 Å². The van der Waals surface area contributed by atoms with Gasteiger partial charge < -0.3 is 20.8 Å². The number of anilines is 1. The number of ketones is 1. The number of carbonyl (C=O) groups is 1. The van der Waals surface area contributed by atoms with Crippen LogP contribution in [-0.2, 0) is 19.7 Å². The summed E-state index contributed by atoms with van der Waals surface area (Å²) >= 11 is 6.04. The number of aryl methyl sites for hydroxylation is 1. The third-order valence-electron chi connectivity index (χ3n) is 5.24. The molecular weight excluding hydrogens is 472 g/mol. The summed E-state index contributed by atoms with van der Waals surface area (Å²) in [6.07, 6.45) is -0.860. The Morgan fingerprint density at radius 2 is 2.00 bits per heavy atom. The summed E-state index contributed by atoms with van der Waals surface area (Å²) in [6.45, 7) is 3.78. The summed E-state index contributed by atoms with van der Waals surface area (Å²) < 4.78 is 25.9. The molecule has 10 nitrogen and oxygen atoms in total. The van der Waals surface area contributed by atoms with Crippen molar-refractivity contribution in [1.29, 1.82) is 0 Å². The van der Waals surface area contributed by atoms with E-state index < -0.39 is 32.6 Å². The molecule has 3 rings (SSSR count). The first-order valence-electron chi connectivity index (χ1n) is 10.0. The molecule has 2 aromatic rings. The van der Waals surface area contributed by atoms with Gasteiger partial charge in [0, 0.05) is 12.7 Å². The molecule has 4 N–H and O–H groups in total. The van der Waals surface area contributed by atoms with E-state index in [1.54, 1.807) is 0 Å². The number of hydroxylamine groups is 1. The predicted molar refractivity (Wildman–Crippen MR) is 122 cm³/mol. The molecule has 0 bridgehead atoms. The molecule has 2 atom stereocenters. The lowest BCUT2D eigenvalue weighted by Crippen LogP contribution is -2.46. The zero-order valence-electron chi connectivity index (χ0n) is 18.5. The van der Waals surface area contributed by atoms with E-state index in [0.717, 1.165) is 25.5 Å². The molecule has 0 spiro atoms. The lowest BCUT2D eigenvalue weighted by molar-refractivity contribution is -0.125. The smallest absolute Gasteiger partial charge is 0.269 e. The maximum atomic E-state index is 12.7. The molecule has 0 radical (unpaired) electrons. The molecule has 12 heteroatoms. The summed E-state index contributed by atoms with van der Waals surface area (Å²) in [6, 6.07) is 7.84. The van der Waals surface area contributed by atoms with Gasteiger partial charge in [-0.3, -0.25) is 14.6 Å². The molecule has 1 aliphatic rings. The minimum absolute atomic E-state index is 0.0648. The van der Waals surface area contributed by atoms with Gasteiger partial charge in [0.15, 0.2) is 11.9 Å². The first-order valence-corrected chi connectivity index (χ1v) is 11.8. The molecule has 178 valence electrons. The van der Waals surface area contributed by atoms with Gasteiger partial charge in [-0.15, -0.1) is 0 Å². The van der Waals surface area contributed by atoms with Crippen molar-refractivity contribution in [2.24, 2.45) is 0 Å². The Balaban J connectivity index is 1.98. The standard InChI is InChI=1S/C21H25ClN4O6S/c1-5-13(14-8-6-7-11(2)23-14)24-16-17(20(29)19(16)28)25-15-10-9-12(22)21(18(15)27)33(30,31)26(3)32-4/h6-10,13,20,24-25,27,29H,5H2,1-4H3.